The summed E-state index contributed by atoms with van der Waals surface area (Å²) in [5.41, 5.74) is 0.246. The van der Waals surface area contributed by atoms with Crippen LogP contribution >= 0.6 is 0 Å². The Bertz CT molecular complexity index is 572. The highest BCUT2D eigenvalue weighted by Gasteiger charge is 2.19. The Morgan fingerprint density at radius 3 is 2.57 bits per heavy atom. The van der Waals surface area contributed by atoms with E-state index in [0.29, 0.717) is 6.41 Å². The number of pyridine rings is 1. The molecule has 126 valence electrons. The van der Waals surface area contributed by atoms with E-state index in [1.807, 2.05) is 0 Å². The highest BCUT2D eigenvalue weighted by molar-refractivity contribution is 5.97. The van der Waals surface area contributed by atoms with Crippen LogP contribution in [0.2, 0.25) is 0 Å². The van der Waals surface area contributed by atoms with Crippen molar-refractivity contribution >= 4 is 24.0 Å². The predicted octanol–water partition coefficient (Wildman–Crippen LogP) is 1.32. The molecule has 0 aliphatic rings. The van der Waals surface area contributed by atoms with E-state index in [1.165, 1.54) is 12.3 Å². The van der Waals surface area contributed by atoms with Gasteiger partial charge in [0.1, 0.15) is 0 Å². The van der Waals surface area contributed by atoms with Crippen molar-refractivity contribution in [3.8, 4) is 5.75 Å². The van der Waals surface area contributed by atoms with Crippen LogP contribution in [0.25, 0.3) is 0 Å². The minimum Gasteiger partial charge on any atom is -0.453 e. The van der Waals surface area contributed by atoms with Gasteiger partial charge in [0.05, 0.1) is 11.6 Å². The third kappa shape index (κ3) is 5.57. The number of rotatable bonds is 8. The summed E-state index contributed by atoms with van der Waals surface area (Å²) in [6.07, 6.45) is 1.82. The summed E-state index contributed by atoms with van der Waals surface area (Å²) in [4.78, 5) is 38.3. The van der Waals surface area contributed by atoms with Gasteiger partial charge in [-0.25, -0.2) is 4.98 Å². The minimum atomic E-state index is -0.459. The summed E-state index contributed by atoms with van der Waals surface area (Å²) < 4.78 is 10.3. The normalized spacial score (nSPS) is 10.3. The van der Waals surface area contributed by atoms with Crippen LogP contribution in [0, 0.1) is 5.92 Å². The molecule has 0 saturated carbocycles. The van der Waals surface area contributed by atoms with Gasteiger partial charge in [-0.05, 0) is 19.9 Å². The molecule has 1 aromatic heterocycles. The fourth-order valence-electron chi connectivity index (χ4n) is 1.58. The van der Waals surface area contributed by atoms with Crippen molar-refractivity contribution in [1.82, 2.24) is 10.3 Å². The number of carbonyl (C=O) groups is 3. The number of esters is 1. The lowest BCUT2D eigenvalue weighted by Crippen LogP contribution is -2.31. The van der Waals surface area contributed by atoms with E-state index in [4.69, 9.17) is 9.47 Å². The highest BCUT2D eigenvalue weighted by Crippen LogP contribution is 2.27. The van der Waals surface area contributed by atoms with Gasteiger partial charge in [0.15, 0.2) is 11.4 Å². The van der Waals surface area contributed by atoms with Gasteiger partial charge in [-0.15, -0.1) is 0 Å². The van der Waals surface area contributed by atoms with Crippen LogP contribution in [-0.2, 0) is 14.3 Å². The number of ether oxygens (including phenoxy) is 2. The molecule has 8 heteroatoms. The quantitative estimate of drug-likeness (QED) is 0.424. The van der Waals surface area contributed by atoms with Crippen LogP contribution in [0.5, 0.6) is 5.75 Å². The molecule has 8 nitrogen and oxygen atoms in total. The van der Waals surface area contributed by atoms with E-state index in [1.54, 1.807) is 27.7 Å². The number of nitrogens with zero attached hydrogens (tertiary/aromatic N) is 1. The van der Waals surface area contributed by atoms with Crippen molar-refractivity contribution < 1.29 is 23.9 Å². The minimum absolute atomic E-state index is 0.00820. The summed E-state index contributed by atoms with van der Waals surface area (Å²) in [6.45, 7) is 6.59. The number of hydrogen-bond acceptors (Lipinski definition) is 6. The molecule has 23 heavy (non-hydrogen) atoms. The molecular weight excluding hydrogens is 302 g/mol. The maximum absolute atomic E-state index is 12.2. The van der Waals surface area contributed by atoms with E-state index < -0.39 is 18.7 Å². The molecular formula is C15H21N3O5. The third-order valence-electron chi connectivity index (χ3n) is 2.63. The second-order valence-electron chi connectivity index (χ2n) is 5.31. The molecule has 0 fully saturated rings. The molecule has 0 spiro atoms. The summed E-state index contributed by atoms with van der Waals surface area (Å²) in [5.74, 6) is -1.16. The van der Waals surface area contributed by atoms with Crippen molar-refractivity contribution in [3.05, 3.63) is 18.0 Å². The zero-order chi connectivity index (χ0) is 17.4. The van der Waals surface area contributed by atoms with E-state index >= 15 is 0 Å². The first-order chi connectivity index (χ1) is 10.9. The lowest BCUT2D eigenvalue weighted by molar-refractivity contribution is -0.153. The smallest absolute Gasteiger partial charge is 0.311 e. The van der Waals surface area contributed by atoms with E-state index in [-0.39, 0.29) is 29.1 Å². The van der Waals surface area contributed by atoms with Crippen molar-refractivity contribution in [2.75, 3.05) is 12.1 Å². The number of amides is 2. The molecule has 0 saturated heterocycles. The Kier molecular flexibility index (Phi) is 6.98. The Labute approximate surface area is 134 Å². The first-order valence-corrected chi connectivity index (χ1v) is 7.16. The molecule has 0 unspecified atom stereocenters. The van der Waals surface area contributed by atoms with Crippen LogP contribution in [0.4, 0.5) is 5.69 Å². The fraction of sp³-hybridized carbons (Fsp3) is 0.467. The summed E-state index contributed by atoms with van der Waals surface area (Å²) in [6, 6.07) is 1.37. The monoisotopic (exact) mass is 323 g/mol. The van der Waals surface area contributed by atoms with E-state index in [9.17, 15) is 14.4 Å². The second kappa shape index (κ2) is 8.72. The predicted molar refractivity (Wildman–Crippen MR) is 83.0 cm³/mol. The van der Waals surface area contributed by atoms with Crippen LogP contribution in [0.15, 0.2) is 12.3 Å². The van der Waals surface area contributed by atoms with E-state index in [2.05, 4.69) is 15.6 Å². The van der Waals surface area contributed by atoms with Gasteiger partial charge in [-0.2, -0.15) is 0 Å². The molecule has 2 N–H and O–H groups in total. The maximum Gasteiger partial charge on any atom is 0.311 e. The third-order valence-corrected chi connectivity index (χ3v) is 2.63. The average molecular weight is 323 g/mol. The van der Waals surface area contributed by atoms with Gasteiger partial charge in [-0.3, -0.25) is 14.4 Å². The van der Waals surface area contributed by atoms with Crippen LogP contribution in [0.1, 0.15) is 38.2 Å². The molecule has 0 aliphatic heterocycles. The summed E-state index contributed by atoms with van der Waals surface area (Å²) in [7, 11) is 0. The van der Waals surface area contributed by atoms with Gasteiger partial charge in [0.25, 0.3) is 5.91 Å². The van der Waals surface area contributed by atoms with Crippen molar-refractivity contribution in [2.24, 2.45) is 5.92 Å². The zero-order valence-electron chi connectivity index (χ0n) is 13.6. The molecule has 1 aromatic rings. The van der Waals surface area contributed by atoms with Crippen molar-refractivity contribution in [3.63, 3.8) is 0 Å². The van der Waals surface area contributed by atoms with Gasteiger partial charge in [0.2, 0.25) is 13.2 Å². The molecule has 1 rings (SSSR count). The van der Waals surface area contributed by atoms with Crippen molar-refractivity contribution in [1.29, 1.82) is 0 Å². The van der Waals surface area contributed by atoms with Crippen LogP contribution in [-0.4, -0.2) is 36.1 Å². The van der Waals surface area contributed by atoms with Crippen molar-refractivity contribution in [2.45, 2.75) is 33.7 Å². The summed E-state index contributed by atoms with van der Waals surface area (Å²) >= 11 is 0. The van der Waals surface area contributed by atoms with Crippen LogP contribution in [0.3, 0.4) is 0 Å². The Balaban J connectivity index is 2.97. The fourth-order valence-corrected chi connectivity index (χ4v) is 1.58. The molecule has 0 aliphatic carbocycles. The Morgan fingerprint density at radius 1 is 1.30 bits per heavy atom. The van der Waals surface area contributed by atoms with E-state index in [0.717, 1.165) is 0 Å². The molecule has 0 radical (unpaired) electrons. The SMILES string of the molecule is CC(C)NC(=O)c1nccc(NC=O)c1OCOC(=O)C(C)C. The van der Waals surface area contributed by atoms with Gasteiger partial charge in [0, 0.05) is 12.2 Å². The molecule has 0 atom stereocenters. The Morgan fingerprint density at radius 2 is 2.00 bits per heavy atom. The van der Waals surface area contributed by atoms with Crippen LogP contribution < -0.4 is 15.4 Å². The summed E-state index contributed by atoms with van der Waals surface area (Å²) in [5, 5.41) is 5.10. The zero-order valence-corrected chi connectivity index (χ0v) is 13.6. The lowest BCUT2D eigenvalue weighted by atomic mass is 10.2. The molecule has 1 heterocycles. The van der Waals surface area contributed by atoms with Gasteiger partial charge in [-0.1, -0.05) is 13.8 Å². The maximum atomic E-state index is 12.2. The molecule has 0 bridgehead atoms. The van der Waals surface area contributed by atoms with Gasteiger partial charge >= 0.3 is 5.97 Å². The lowest BCUT2D eigenvalue weighted by Gasteiger charge is -2.15. The highest BCUT2D eigenvalue weighted by atomic mass is 16.7. The first kappa shape index (κ1) is 18.4. The molecule has 2 amide bonds. The first-order valence-electron chi connectivity index (χ1n) is 7.16. The number of anilines is 1. The standard InChI is InChI=1S/C15H21N3O5/c1-9(2)15(21)23-8-22-13-11(17-7-19)5-6-16-12(13)14(20)18-10(3)4/h5-7,9-10H,8H2,1-4H3,(H,18,20)(H,16,17,19). The number of hydrogen-bond donors (Lipinski definition) is 2. The second-order valence-corrected chi connectivity index (χ2v) is 5.31. The number of carbonyl (C=O) groups excluding carboxylic acids is 3. The number of nitrogens with one attached hydrogen (secondary N) is 2. The largest absolute Gasteiger partial charge is 0.453 e. The topological polar surface area (TPSA) is 107 Å². The van der Waals surface area contributed by atoms with Gasteiger partial charge < -0.3 is 20.1 Å². The average Bonchev–Trinajstić information content (AvgIpc) is 2.47. The molecule has 0 aromatic carbocycles. The number of aromatic nitrogens is 1. The Hall–Kier alpha value is -2.64.